The summed E-state index contributed by atoms with van der Waals surface area (Å²) in [7, 11) is -1.45. The van der Waals surface area contributed by atoms with E-state index in [1.165, 1.54) is 6.07 Å². The number of benzene rings is 1. The Morgan fingerprint density at radius 2 is 1.86 bits per heavy atom. The maximum absolute atomic E-state index is 13.2. The first kappa shape index (κ1) is 11.2. The van der Waals surface area contributed by atoms with Crippen LogP contribution in [-0.2, 0) is 0 Å². The molecule has 0 aliphatic rings. The van der Waals surface area contributed by atoms with Crippen LogP contribution in [0.3, 0.4) is 0 Å². The van der Waals surface area contributed by atoms with Crippen LogP contribution in [0.2, 0.25) is 19.6 Å². The molecular weight excluding hydrogens is 195 g/mol. The van der Waals surface area contributed by atoms with Gasteiger partial charge in [-0.1, -0.05) is 24.8 Å². The second-order valence-corrected chi connectivity index (χ2v) is 9.44. The zero-order valence-corrected chi connectivity index (χ0v) is 10.2. The van der Waals surface area contributed by atoms with Crippen molar-refractivity contribution in [1.29, 1.82) is 0 Å². The van der Waals surface area contributed by atoms with Crippen LogP contribution in [0.1, 0.15) is 6.92 Å². The van der Waals surface area contributed by atoms with Gasteiger partial charge in [-0.2, -0.15) is 0 Å². The molecule has 0 aromatic heterocycles. The summed E-state index contributed by atoms with van der Waals surface area (Å²) in [5.41, 5.74) is 0. The molecule has 1 rings (SSSR count). The van der Waals surface area contributed by atoms with Crippen LogP contribution < -0.4 is 9.92 Å². The molecule has 0 aliphatic carbocycles. The maximum Gasteiger partial charge on any atom is 0.126 e. The highest BCUT2D eigenvalue weighted by Crippen LogP contribution is 2.14. The summed E-state index contributed by atoms with van der Waals surface area (Å²) in [5.74, 6) is 0.443. The van der Waals surface area contributed by atoms with Crippen LogP contribution in [-0.4, -0.2) is 14.7 Å². The summed E-state index contributed by atoms with van der Waals surface area (Å²) in [6.45, 7) is 9.06. The highest BCUT2D eigenvalue weighted by Gasteiger charge is 2.18. The van der Waals surface area contributed by atoms with Gasteiger partial charge in [-0.15, -0.1) is 0 Å². The topological polar surface area (TPSA) is 9.23 Å². The van der Waals surface area contributed by atoms with Gasteiger partial charge in [0, 0.05) is 6.07 Å². The van der Waals surface area contributed by atoms with Crippen molar-refractivity contribution in [3.8, 4) is 5.75 Å². The zero-order valence-electron chi connectivity index (χ0n) is 9.23. The molecule has 0 N–H and O–H groups in total. The van der Waals surface area contributed by atoms with Crippen LogP contribution in [0.4, 0.5) is 4.39 Å². The molecule has 0 bridgehead atoms. The molecule has 14 heavy (non-hydrogen) atoms. The average Bonchev–Trinajstić information content (AvgIpc) is 2.02. The third kappa shape index (κ3) is 2.84. The van der Waals surface area contributed by atoms with E-state index in [-0.39, 0.29) is 5.82 Å². The van der Waals surface area contributed by atoms with Gasteiger partial charge >= 0.3 is 0 Å². The molecule has 0 spiro atoms. The largest absolute Gasteiger partial charge is 0.494 e. The Balaban J connectivity index is 3.07. The van der Waals surface area contributed by atoms with Gasteiger partial charge < -0.3 is 4.74 Å². The number of hydrogen-bond donors (Lipinski definition) is 0. The lowest BCUT2D eigenvalue weighted by molar-refractivity contribution is 0.338. The molecule has 0 heterocycles. The monoisotopic (exact) mass is 212 g/mol. The quantitative estimate of drug-likeness (QED) is 0.700. The molecule has 0 aliphatic heterocycles. The van der Waals surface area contributed by atoms with E-state index < -0.39 is 8.07 Å². The number of ether oxygens (including phenoxy) is 1. The summed E-state index contributed by atoms with van der Waals surface area (Å²) < 4.78 is 18.5. The Morgan fingerprint density at radius 3 is 2.36 bits per heavy atom. The predicted molar refractivity (Wildman–Crippen MR) is 60.5 cm³/mol. The van der Waals surface area contributed by atoms with Crippen molar-refractivity contribution in [2.75, 3.05) is 6.61 Å². The first-order chi connectivity index (χ1) is 6.43. The molecular formula is C11H17FOSi. The van der Waals surface area contributed by atoms with Gasteiger partial charge in [0.05, 0.1) is 14.7 Å². The molecule has 0 atom stereocenters. The van der Waals surface area contributed by atoms with Crippen molar-refractivity contribution in [3.63, 3.8) is 0 Å². The Morgan fingerprint density at radius 1 is 1.21 bits per heavy atom. The van der Waals surface area contributed by atoms with Gasteiger partial charge in [-0.05, 0) is 19.1 Å². The lowest BCUT2D eigenvalue weighted by Gasteiger charge is -2.17. The van der Waals surface area contributed by atoms with E-state index in [4.69, 9.17) is 4.74 Å². The minimum Gasteiger partial charge on any atom is -0.494 e. The highest BCUT2D eigenvalue weighted by atomic mass is 28.3. The van der Waals surface area contributed by atoms with E-state index in [0.717, 1.165) is 5.19 Å². The van der Waals surface area contributed by atoms with Gasteiger partial charge in [0.15, 0.2) is 0 Å². The van der Waals surface area contributed by atoms with Crippen LogP contribution in [0.5, 0.6) is 5.75 Å². The normalized spacial score (nSPS) is 11.5. The maximum atomic E-state index is 13.2. The molecule has 3 heteroatoms. The Labute approximate surface area is 85.9 Å². The Bertz CT molecular complexity index is 318. The third-order valence-electron chi connectivity index (χ3n) is 2.05. The van der Waals surface area contributed by atoms with Gasteiger partial charge in [-0.25, -0.2) is 4.39 Å². The first-order valence-corrected chi connectivity index (χ1v) is 8.37. The second-order valence-electron chi connectivity index (χ2n) is 4.36. The molecule has 0 fully saturated rings. The fourth-order valence-electron chi connectivity index (χ4n) is 1.25. The molecule has 1 aromatic rings. The summed E-state index contributed by atoms with van der Waals surface area (Å²) >= 11 is 0. The third-order valence-corrected chi connectivity index (χ3v) is 4.07. The van der Waals surface area contributed by atoms with E-state index >= 15 is 0 Å². The molecule has 0 amide bonds. The Kier molecular flexibility index (Phi) is 3.32. The van der Waals surface area contributed by atoms with E-state index in [2.05, 4.69) is 19.6 Å². The number of halogens is 1. The minimum atomic E-state index is -1.45. The number of hydrogen-bond acceptors (Lipinski definition) is 1. The van der Waals surface area contributed by atoms with Crippen molar-refractivity contribution >= 4 is 13.3 Å². The summed E-state index contributed by atoms with van der Waals surface area (Å²) in [6.07, 6.45) is 0. The van der Waals surface area contributed by atoms with E-state index in [9.17, 15) is 4.39 Å². The van der Waals surface area contributed by atoms with Crippen molar-refractivity contribution < 1.29 is 9.13 Å². The standard InChI is InChI=1S/C11H17FOSi/c1-5-13-10-6-9(12)7-11(8-10)14(2,3)4/h6-8H,5H2,1-4H3. The smallest absolute Gasteiger partial charge is 0.126 e. The molecule has 0 radical (unpaired) electrons. The van der Waals surface area contributed by atoms with E-state index in [0.29, 0.717) is 12.4 Å². The average molecular weight is 212 g/mol. The SMILES string of the molecule is CCOc1cc(F)cc([Si](C)(C)C)c1. The van der Waals surface area contributed by atoms with Crippen molar-refractivity contribution in [2.24, 2.45) is 0 Å². The van der Waals surface area contributed by atoms with Crippen molar-refractivity contribution in [1.82, 2.24) is 0 Å². The van der Waals surface area contributed by atoms with E-state index in [1.807, 2.05) is 13.0 Å². The van der Waals surface area contributed by atoms with Crippen molar-refractivity contribution in [3.05, 3.63) is 24.0 Å². The van der Waals surface area contributed by atoms with Crippen LogP contribution >= 0.6 is 0 Å². The second kappa shape index (κ2) is 4.13. The molecule has 78 valence electrons. The molecule has 0 saturated carbocycles. The van der Waals surface area contributed by atoms with Crippen LogP contribution in [0, 0.1) is 5.82 Å². The van der Waals surface area contributed by atoms with Gasteiger partial charge in [0.2, 0.25) is 0 Å². The summed E-state index contributed by atoms with van der Waals surface area (Å²) in [6, 6.07) is 5.01. The molecule has 0 unspecified atom stereocenters. The lowest BCUT2D eigenvalue weighted by atomic mass is 10.3. The fraction of sp³-hybridized carbons (Fsp3) is 0.455. The summed E-state index contributed by atoms with van der Waals surface area (Å²) in [4.78, 5) is 0. The predicted octanol–water partition coefficient (Wildman–Crippen LogP) is 2.77. The fourth-order valence-corrected chi connectivity index (χ4v) is 2.39. The van der Waals surface area contributed by atoms with Gasteiger partial charge in [0.1, 0.15) is 11.6 Å². The Hall–Kier alpha value is -0.833. The van der Waals surface area contributed by atoms with Crippen LogP contribution in [0.25, 0.3) is 0 Å². The van der Waals surface area contributed by atoms with Crippen LogP contribution in [0.15, 0.2) is 18.2 Å². The molecule has 1 nitrogen and oxygen atoms in total. The highest BCUT2D eigenvalue weighted by molar-refractivity contribution is 6.88. The summed E-state index contributed by atoms with van der Waals surface area (Å²) in [5, 5.41) is 1.10. The number of rotatable bonds is 3. The van der Waals surface area contributed by atoms with Crippen molar-refractivity contribution in [2.45, 2.75) is 26.6 Å². The lowest BCUT2D eigenvalue weighted by Crippen LogP contribution is -2.37. The molecule has 1 aromatic carbocycles. The van der Waals surface area contributed by atoms with E-state index in [1.54, 1.807) is 6.07 Å². The van der Waals surface area contributed by atoms with Gasteiger partial charge in [-0.3, -0.25) is 0 Å². The molecule has 0 saturated heterocycles. The zero-order chi connectivity index (χ0) is 10.8. The van der Waals surface area contributed by atoms with Gasteiger partial charge in [0.25, 0.3) is 0 Å². The first-order valence-electron chi connectivity index (χ1n) is 4.87. The minimum absolute atomic E-state index is 0.201.